The lowest BCUT2D eigenvalue weighted by Crippen LogP contribution is -2.51. The first-order valence-electron chi connectivity index (χ1n) is 14.9. The van der Waals surface area contributed by atoms with Crippen LogP contribution in [-0.4, -0.2) is 67.2 Å². The minimum Gasteiger partial charge on any atom is -0.443 e. The Balaban J connectivity index is 0.000000256. The van der Waals surface area contributed by atoms with E-state index in [0.717, 1.165) is 16.0 Å². The second-order valence-electron chi connectivity index (χ2n) is 12.5. The molecule has 0 spiro atoms. The lowest BCUT2D eigenvalue weighted by Gasteiger charge is -2.28. The number of anilines is 1. The van der Waals surface area contributed by atoms with Crippen LogP contribution in [0.3, 0.4) is 0 Å². The summed E-state index contributed by atoms with van der Waals surface area (Å²) in [5, 5.41) is 2.65. The Labute approximate surface area is 273 Å². The third-order valence-electron chi connectivity index (χ3n) is 6.14. The van der Waals surface area contributed by atoms with Crippen molar-refractivity contribution in [3.05, 3.63) is 84.4 Å². The maximum atomic E-state index is 12.6. The summed E-state index contributed by atoms with van der Waals surface area (Å²) in [6.45, 7) is 10.2. The van der Waals surface area contributed by atoms with E-state index in [0.29, 0.717) is 24.0 Å². The number of imidazole rings is 1. The van der Waals surface area contributed by atoms with Gasteiger partial charge in [0.15, 0.2) is 11.5 Å². The van der Waals surface area contributed by atoms with Crippen LogP contribution < -0.4 is 21.7 Å². The number of H-pyrrole nitrogens is 1. The van der Waals surface area contributed by atoms with Crippen molar-refractivity contribution in [3.8, 4) is 0 Å². The van der Waals surface area contributed by atoms with Crippen LogP contribution in [0.2, 0.25) is 0 Å². The molecule has 47 heavy (non-hydrogen) atoms. The first-order chi connectivity index (χ1) is 22.0. The van der Waals surface area contributed by atoms with Gasteiger partial charge in [-0.3, -0.25) is 9.59 Å². The van der Waals surface area contributed by atoms with Gasteiger partial charge in [-0.15, -0.1) is 0 Å². The van der Waals surface area contributed by atoms with Crippen molar-refractivity contribution in [2.75, 3.05) is 4.90 Å². The van der Waals surface area contributed by atoms with Crippen molar-refractivity contribution in [1.82, 2.24) is 25.3 Å². The zero-order valence-electron chi connectivity index (χ0n) is 27.4. The normalized spacial score (nSPS) is 12.6. The molecule has 2 aromatic carbocycles. The maximum absolute atomic E-state index is 12.6. The Morgan fingerprint density at radius 2 is 1.32 bits per heavy atom. The summed E-state index contributed by atoms with van der Waals surface area (Å²) in [5.74, 6) is -0.941. The van der Waals surface area contributed by atoms with E-state index in [9.17, 15) is 19.2 Å². The number of aromatic amines is 1. The van der Waals surface area contributed by atoms with E-state index in [1.807, 2.05) is 60.7 Å². The topological polar surface area (TPSA) is 209 Å². The number of nitrogens with one attached hydrogen (secondary N) is 2. The number of hydrogen-bond acceptors (Lipinski definition) is 10. The summed E-state index contributed by atoms with van der Waals surface area (Å²) in [5.41, 5.74) is 12.3. The van der Waals surface area contributed by atoms with Crippen LogP contribution >= 0.6 is 0 Å². The van der Waals surface area contributed by atoms with Crippen molar-refractivity contribution >= 4 is 41.0 Å². The van der Waals surface area contributed by atoms with E-state index >= 15 is 0 Å². The van der Waals surface area contributed by atoms with Crippen LogP contribution in [0.5, 0.6) is 0 Å². The summed E-state index contributed by atoms with van der Waals surface area (Å²) >= 11 is 0. The molecule has 250 valence electrons. The molecule has 0 radical (unpaired) electrons. The number of fused-ring (bicyclic) bond motifs is 1. The highest BCUT2D eigenvalue weighted by Crippen LogP contribution is 2.24. The third kappa shape index (κ3) is 11.5. The number of aromatic nitrogens is 4. The molecular weight excluding hydrogens is 604 g/mol. The molecule has 0 saturated heterocycles. The number of hydrogen-bond donors (Lipinski definition) is 4. The van der Waals surface area contributed by atoms with E-state index in [1.165, 1.54) is 12.7 Å². The zero-order valence-corrected chi connectivity index (χ0v) is 27.4. The van der Waals surface area contributed by atoms with Crippen molar-refractivity contribution in [1.29, 1.82) is 0 Å². The molecule has 0 aliphatic heterocycles. The highest BCUT2D eigenvalue weighted by Gasteiger charge is 2.35. The second-order valence-corrected chi connectivity index (χ2v) is 12.5. The number of carbonyl (C=O) groups is 4. The van der Waals surface area contributed by atoms with Crippen molar-refractivity contribution in [3.63, 3.8) is 0 Å². The number of imide groups is 1. The predicted molar refractivity (Wildman–Crippen MR) is 176 cm³/mol. The van der Waals surface area contributed by atoms with Crippen LogP contribution in [0.25, 0.3) is 11.2 Å². The standard InChI is InChI=1S/C18H21N3O2.C15H21N5O4/c19-15(11-13-7-3-1-4-8-13)18(23)21-16(17(20)22)12-14-9-5-2-6-10-14;1-14(2,3)23-12(21)20(13(22)24-15(4,5)6)11-9-10(17-7-16-9)18-8-19-11/h1-10,15-16H,11-12,19H2,(H2,20,22)(H,21,23);7-8H,1-6H3,(H,16,17,18,19)/t15-,16-;/m0./s1. The highest BCUT2D eigenvalue weighted by molar-refractivity contribution is 6.12. The molecule has 2 atom stereocenters. The Morgan fingerprint density at radius 1 is 0.809 bits per heavy atom. The number of rotatable bonds is 8. The SMILES string of the molecule is CC(C)(C)OC(=O)N(C(=O)OC(C)(C)C)c1ncnc2nc[nH]c12.NC(=O)[C@H](Cc1ccccc1)NC(=O)[C@@H](N)Cc1ccccc1. The van der Waals surface area contributed by atoms with E-state index in [2.05, 4.69) is 25.3 Å². The smallest absolute Gasteiger partial charge is 0.425 e. The first-order valence-corrected chi connectivity index (χ1v) is 14.9. The summed E-state index contributed by atoms with van der Waals surface area (Å²) in [7, 11) is 0. The second kappa shape index (κ2) is 15.8. The number of nitrogens with zero attached hydrogens (tertiary/aromatic N) is 4. The minimum atomic E-state index is -0.897. The van der Waals surface area contributed by atoms with E-state index in [1.54, 1.807) is 41.5 Å². The number of primary amides is 1. The molecule has 0 aliphatic carbocycles. The fraction of sp³-hybridized carbons (Fsp3) is 0.364. The van der Waals surface area contributed by atoms with Crippen LogP contribution in [0.4, 0.5) is 15.4 Å². The van der Waals surface area contributed by atoms with Gasteiger partial charge in [0.25, 0.3) is 0 Å². The third-order valence-corrected chi connectivity index (χ3v) is 6.14. The van der Waals surface area contributed by atoms with Crippen LogP contribution in [0.15, 0.2) is 73.3 Å². The molecule has 0 aliphatic rings. The van der Waals surface area contributed by atoms with Gasteiger partial charge in [0, 0.05) is 6.42 Å². The fourth-order valence-corrected chi connectivity index (χ4v) is 4.10. The highest BCUT2D eigenvalue weighted by atomic mass is 16.6. The summed E-state index contributed by atoms with van der Waals surface area (Å²) in [6.07, 6.45) is 1.56. The number of carbonyl (C=O) groups excluding carboxylic acids is 4. The predicted octanol–water partition coefficient (Wildman–Crippen LogP) is 3.80. The van der Waals surface area contributed by atoms with Gasteiger partial charge < -0.3 is 31.2 Å². The molecule has 0 saturated carbocycles. The van der Waals surface area contributed by atoms with Crippen molar-refractivity contribution in [2.45, 2.75) is 77.7 Å². The van der Waals surface area contributed by atoms with E-state index < -0.39 is 41.4 Å². The van der Waals surface area contributed by atoms with Crippen LogP contribution in [0, 0.1) is 0 Å². The molecule has 4 rings (SSSR count). The lowest BCUT2D eigenvalue weighted by molar-refractivity contribution is -0.128. The van der Waals surface area contributed by atoms with Crippen LogP contribution in [-0.2, 0) is 31.9 Å². The Morgan fingerprint density at radius 3 is 1.81 bits per heavy atom. The molecule has 4 aromatic rings. The van der Waals surface area contributed by atoms with Crippen molar-refractivity contribution in [2.24, 2.45) is 11.5 Å². The molecule has 6 N–H and O–H groups in total. The Bertz CT molecular complexity index is 1620. The zero-order chi connectivity index (χ0) is 34.8. The number of benzene rings is 2. The molecule has 2 heterocycles. The molecule has 14 nitrogen and oxygen atoms in total. The van der Waals surface area contributed by atoms with Gasteiger partial charge in [-0.1, -0.05) is 60.7 Å². The first kappa shape index (κ1) is 36.1. The maximum Gasteiger partial charge on any atom is 0.425 e. The largest absolute Gasteiger partial charge is 0.443 e. The quantitative estimate of drug-likeness (QED) is 0.218. The molecule has 14 heteroatoms. The molecular formula is C33H42N8O6. The van der Waals surface area contributed by atoms with Gasteiger partial charge >= 0.3 is 12.2 Å². The molecule has 4 amide bonds. The van der Waals surface area contributed by atoms with Gasteiger partial charge in [-0.25, -0.2) is 24.5 Å². The molecule has 0 unspecified atom stereocenters. The lowest BCUT2D eigenvalue weighted by atomic mass is 10.0. The van der Waals surface area contributed by atoms with Gasteiger partial charge in [-0.05, 0) is 59.1 Å². The average molecular weight is 647 g/mol. The molecule has 0 fully saturated rings. The summed E-state index contributed by atoms with van der Waals surface area (Å²) in [4.78, 5) is 64.4. The van der Waals surface area contributed by atoms with E-state index in [-0.39, 0.29) is 11.7 Å². The van der Waals surface area contributed by atoms with E-state index in [4.69, 9.17) is 20.9 Å². The van der Waals surface area contributed by atoms with Gasteiger partial charge in [-0.2, -0.15) is 4.90 Å². The van der Waals surface area contributed by atoms with Crippen molar-refractivity contribution < 1.29 is 28.7 Å². The average Bonchev–Trinajstić information content (AvgIpc) is 3.46. The summed E-state index contributed by atoms with van der Waals surface area (Å²) < 4.78 is 10.6. The van der Waals surface area contributed by atoms with Gasteiger partial charge in [0.1, 0.15) is 29.1 Å². The Kier molecular flexibility index (Phi) is 12.1. The number of nitrogens with two attached hydrogens (primary N) is 2. The summed E-state index contributed by atoms with van der Waals surface area (Å²) in [6, 6.07) is 17.4. The van der Waals surface area contributed by atoms with Crippen LogP contribution in [0.1, 0.15) is 52.7 Å². The Hall–Kier alpha value is -5.37. The van der Waals surface area contributed by atoms with Gasteiger partial charge in [0.2, 0.25) is 11.8 Å². The fourth-order valence-electron chi connectivity index (χ4n) is 4.10. The minimum absolute atomic E-state index is 0.0148. The van der Waals surface area contributed by atoms with Gasteiger partial charge in [0.05, 0.1) is 12.4 Å². The monoisotopic (exact) mass is 646 g/mol. The molecule has 0 bridgehead atoms. The number of ether oxygens (including phenoxy) is 2. The number of amides is 4. The molecule has 2 aromatic heterocycles.